The number of aromatic nitrogens is 1. The second-order valence-corrected chi connectivity index (χ2v) is 10.1. The minimum atomic E-state index is 0.248. The third-order valence-corrected chi connectivity index (χ3v) is 8.03. The van der Waals surface area contributed by atoms with E-state index in [4.69, 9.17) is 21.3 Å². The van der Waals surface area contributed by atoms with Crippen LogP contribution in [0.3, 0.4) is 0 Å². The number of thioether (sulfide) groups is 1. The SMILES string of the molecule is COc1ccc(C)c2sc(N3CCN(C(=O)CCCSc4ccc(Cl)cc4)CC3)nc12. The topological polar surface area (TPSA) is 45.7 Å². The van der Waals surface area contributed by atoms with Crippen LogP contribution in [0.15, 0.2) is 41.3 Å². The fraction of sp³-hybridized carbons (Fsp3) is 0.391. The van der Waals surface area contributed by atoms with Crippen LogP contribution in [0, 0.1) is 6.92 Å². The predicted octanol–water partition coefficient (Wildman–Crippen LogP) is 5.49. The van der Waals surface area contributed by atoms with Crippen molar-refractivity contribution in [3.05, 3.63) is 47.0 Å². The first-order valence-corrected chi connectivity index (χ1v) is 12.6. The van der Waals surface area contributed by atoms with Crippen molar-refractivity contribution in [1.29, 1.82) is 0 Å². The number of aryl methyl sites for hydroxylation is 1. The van der Waals surface area contributed by atoms with Crippen molar-refractivity contribution in [3.63, 3.8) is 0 Å². The molecule has 0 saturated carbocycles. The maximum atomic E-state index is 12.6. The standard InChI is InChI=1S/C23H26ClN3O2S2/c1-16-5-10-19(29-2)21-22(16)31-23(25-21)27-13-11-26(12-14-27)20(28)4-3-15-30-18-8-6-17(24)7-9-18/h5-10H,3-4,11-15H2,1-2H3. The Morgan fingerprint density at radius 1 is 1.16 bits per heavy atom. The highest BCUT2D eigenvalue weighted by atomic mass is 35.5. The van der Waals surface area contributed by atoms with E-state index in [1.54, 1.807) is 30.2 Å². The largest absolute Gasteiger partial charge is 0.494 e. The normalized spacial score (nSPS) is 14.3. The van der Waals surface area contributed by atoms with Gasteiger partial charge in [0.15, 0.2) is 5.13 Å². The summed E-state index contributed by atoms with van der Waals surface area (Å²) in [6.07, 6.45) is 1.47. The molecule has 1 fully saturated rings. The van der Waals surface area contributed by atoms with Crippen LogP contribution in [0.5, 0.6) is 5.75 Å². The Kier molecular flexibility index (Phi) is 7.25. The summed E-state index contributed by atoms with van der Waals surface area (Å²) in [5, 5.41) is 1.76. The van der Waals surface area contributed by atoms with E-state index in [-0.39, 0.29) is 5.91 Å². The molecule has 0 N–H and O–H groups in total. The van der Waals surface area contributed by atoms with E-state index >= 15 is 0 Å². The number of ether oxygens (including phenoxy) is 1. The highest BCUT2D eigenvalue weighted by Crippen LogP contribution is 2.36. The predicted molar refractivity (Wildman–Crippen MR) is 131 cm³/mol. The molecule has 1 amide bonds. The Labute approximate surface area is 196 Å². The van der Waals surface area contributed by atoms with Crippen molar-refractivity contribution < 1.29 is 9.53 Å². The van der Waals surface area contributed by atoms with Crippen molar-refractivity contribution >= 4 is 56.0 Å². The van der Waals surface area contributed by atoms with E-state index in [2.05, 4.69) is 17.9 Å². The lowest BCUT2D eigenvalue weighted by Gasteiger charge is -2.34. The summed E-state index contributed by atoms with van der Waals surface area (Å²) >= 11 is 9.39. The van der Waals surface area contributed by atoms with Gasteiger partial charge in [0.25, 0.3) is 0 Å². The van der Waals surface area contributed by atoms with Gasteiger partial charge in [0.05, 0.1) is 11.8 Å². The Balaban J connectivity index is 1.26. The first-order valence-electron chi connectivity index (χ1n) is 10.4. The number of carbonyl (C=O) groups is 1. The van der Waals surface area contributed by atoms with Gasteiger partial charge in [-0.3, -0.25) is 4.79 Å². The number of piperazine rings is 1. The number of hydrogen-bond donors (Lipinski definition) is 0. The molecule has 0 unspecified atom stereocenters. The van der Waals surface area contributed by atoms with Crippen molar-refractivity contribution in [2.45, 2.75) is 24.7 Å². The zero-order valence-corrected chi connectivity index (χ0v) is 20.2. The summed E-state index contributed by atoms with van der Waals surface area (Å²) in [6, 6.07) is 11.9. The average molecular weight is 476 g/mol. The second kappa shape index (κ2) is 10.1. The zero-order valence-electron chi connectivity index (χ0n) is 17.8. The minimum absolute atomic E-state index is 0.248. The third-order valence-electron chi connectivity index (χ3n) is 5.43. The monoisotopic (exact) mass is 475 g/mol. The van der Waals surface area contributed by atoms with Crippen LogP contribution in [-0.4, -0.2) is 54.8 Å². The molecule has 31 heavy (non-hydrogen) atoms. The van der Waals surface area contributed by atoms with Crippen LogP contribution in [-0.2, 0) is 4.79 Å². The Bertz CT molecular complexity index is 1050. The van der Waals surface area contributed by atoms with E-state index in [1.807, 2.05) is 35.2 Å². The first kappa shape index (κ1) is 22.2. The molecule has 0 spiro atoms. The molecular weight excluding hydrogens is 450 g/mol. The molecule has 5 nitrogen and oxygen atoms in total. The van der Waals surface area contributed by atoms with Crippen molar-refractivity contribution in [3.8, 4) is 5.75 Å². The van der Waals surface area contributed by atoms with E-state index < -0.39 is 0 Å². The Hall–Kier alpha value is -1.96. The quantitative estimate of drug-likeness (QED) is 0.334. The van der Waals surface area contributed by atoms with Gasteiger partial charge in [0, 0.05) is 42.5 Å². The van der Waals surface area contributed by atoms with Gasteiger partial charge in [0.1, 0.15) is 11.3 Å². The van der Waals surface area contributed by atoms with E-state index in [0.29, 0.717) is 6.42 Å². The molecule has 0 aliphatic carbocycles. The van der Waals surface area contributed by atoms with Crippen LogP contribution < -0.4 is 9.64 Å². The lowest BCUT2D eigenvalue weighted by atomic mass is 10.2. The Morgan fingerprint density at radius 3 is 2.61 bits per heavy atom. The molecule has 164 valence electrons. The average Bonchev–Trinajstić information content (AvgIpc) is 3.25. The lowest BCUT2D eigenvalue weighted by Crippen LogP contribution is -2.48. The molecular formula is C23H26ClN3O2S2. The van der Waals surface area contributed by atoms with Gasteiger partial charge >= 0.3 is 0 Å². The minimum Gasteiger partial charge on any atom is -0.494 e. The molecule has 1 aromatic heterocycles. The van der Waals surface area contributed by atoms with Gasteiger partial charge in [-0.05, 0) is 55.0 Å². The van der Waals surface area contributed by atoms with Crippen molar-refractivity contribution in [2.75, 3.05) is 43.9 Å². The molecule has 1 aliphatic heterocycles. The molecule has 0 atom stereocenters. The maximum absolute atomic E-state index is 12.6. The smallest absolute Gasteiger partial charge is 0.222 e. The summed E-state index contributed by atoms with van der Waals surface area (Å²) in [4.78, 5) is 22.9. The molecule has 2 aromatic carbocycles. The molecule has 4 rings (SSSR count). The van der Waals surface area contributed by atoms with Crippen LogP contribution in [0.1, 0.15) is 18.4 Å². The van der Waals surface area contributed by atoms with Crippen LogP contribution in [0.4, 0.5) is 5.13 Å². The number of thiazole rings is 1. The number of anilines is 1. The molecule has 1 aliphatic rings. The van der Waals surface area contributed by atoms with Crippen molar-refractivity contribution in [2.24, 2.45) is 0 Å². The highest BCUT2D eigenvalue weighted by Gasteiger charge is 2.23. The Morgan fingerprint density at radius 2 is 1.90 bits per heavy atom. The molecule has 3 aromatic rings. The fourth-order valence-corrected chi connectivity index (χ4v) is 5.73. The summed E-state index contributed by atoms with van der Waals surface area (Å²) in [5.41, 5.74) is 2.14. The van der Waals surface area contributed by atoms with Gasteiger partial charge in [-0.2, -0.15) is 0 Å². The van der Waals surface area contributed by atoms with Gasteiger partial charge < -0.3 is 14.5 Å². The summed E-state index contributed by atoms with van der Waals surface area (Å²) in [7, 11) is 1.68. The van der Waals surface area contributed by atoms with E-state index in [0.717, 1.165) is 59.8 Å². The lowest BCUT2D eigenvalue weighted by molar-refractivity contribution is -0.131. The van der Waals surface area contributed by atoms with E-state index in [1.165, 1.54) is 15.2 Å². The zero-order chi connectivity index (χ0) is 21.8. The molecule has 1 saturated heterocycles. The van der Waals surface area contributed by atoms with Crippen molar-refractivity contribution in [1.82, 2.24) is 9.88 Å². The number of rotatable bonds is 7. The summed E-state index contributed by atoms with van der Waals surface area (Å²) in [6.45, 7) is 5.22. The highest BCUT2D eigenvalue weighted by molar-refractivity contribution is 7.99. The number of benzene rings is 2. The number of carbonyl (C=O) groups excluding carboxylic acids is 1. The van der Waals surface area contributed by atoms with Crippen LogP contribution in [0.25, 0.3) is 10.2 Å². The van der Waals surface area contributed by atoms with Gasteiger partial charge in [-0.1, -0.05) is 29.0 Å². The van der Waals surface area contributed by atoms with Crippen LogP contribution in [0.2, 0.25) is 5.02 Å². The van der Waals surface area contributed by atoms with Gasteiger partial charge in [-0.15, -0.1) is 11.8 Å². The number of methoxy groups -OCH3 is 1. The third kappa shape index (κ3) is 5.27. The van der Waals surface area contributed by atoms with Gasteiger partial charge in [0.2, 0.25) is 5.91 Å². The first-order chi connectivity index (χ1) is 15.0. The second-order valence-electron chi connectivity index (χ2n) is 7.53. The summed E-state index contributed by atoms with van der Waals surface area (Å²) in [5.74, 6) is 1.99. The maximum Gasteiger partial charge on any atom is 0.222 e. The molecule has 8 heteroatoms. The van der Waals surface area contributed by atoms with E-state index in [9.17, 15) is 4.79 Å². The van der Waals surface area contributed by atoms with Gasteiger partial charge in [-0.25, -0.2) is 4.98 Å². The number of fused-ring (bicyclic) bond motifs is 1. The molecule has 0 bridgehead atoms. The molecule has 2 heterocycles. The molecule has 0 radical (unpaired) electrons. The fourth-order valence-electron chi connectivity index (χ4n) is 3.65. The number of hydrogen-bond acceptors (Lipinski definition) is 6. The number of halogens is 1. The van der Waals surface area contributed by atoms with Crippen LogP contribution >= 0.6 is 34.7 Å². The number of nitrogens with zero attached hydrogens (tertiary/aromatic N) is 3. The summed E-state index contributed by atoms with van der Waals surface area (Å²) < 4.78 is 6.65. The number of amides is 1.